The third-order valence-electron chi connectivity index (χ3n) is 5.26. The fraction of sp³-hybridized carbons (Fsp3) is 0.474. The standard InChI is InChI=1S/C19H24N4O3S/c1-14-10-18(23(21-14)17-7-9-27(25,26)13-17)20-19(24)12-22-8-6-15-4-2-3-5-16(15)11-22/h2-5,10,17H,6-9,11-13H2,1H3,(H,20,24)/t17-/m1/s1. The smallest absolute Gasteiger partial charge is 0.239 e. The van der Waals surface area contributed by atoms with Crippen LogP contribution in [0.3, 0.4) is 0 Å². The number of anilines is 1. The number of benzene rings is 1. The Bertz CT molecular complexity index is 967. The predicted molar refractivity (Wildman–Crippen MR) is 103 cm³/mol. The van der Waals surface area contributed by atoms with Gasteiger partial charge in [-0.1, -0.05) is 24.3 Å². The third-order valence-corrected chi connectivity index (χ3v) is 7.01. The fourth-order valence-electron chi connectivity index (χ4n) is 3.93. The highest BCUT2D eigenvalue weighted by atomic mass is 32.2. The van der Waals surface area contributed by atoms with Crippen molar-refractivity contribution in [2.24, 2.45) is 0 Å². The van der Waals surface area contributed by atoms with E-state index in [0.717, 1.165) is 25.2 Å². The lowest BCUT2D eigenvalue weighted by atomic mass is 10.00. The number of amides is 1. The van der Waals surface area contributed by atoms with E-state index in [0.29, 0.717) is 18.8 Å². The minimum atomic E-state index is -3.01. The molecule has 144 valence electrons. The highest BCUT2D eigenvalue weighted by Gasteiger charge is 2.31. The van der Waals surface area contributed by atoms with E-state index in [1.165, 1.54) is 11.1 Å². The Hall–Kier alpha value is -2.19. The molecule has 1 saturated heterocycles. The van der Waals surface area contributed by atoms with Gasteiger partial charge in [0.05, 0.1) is 29.8 Å². The number of carbonyl (C=O) groups excluding carboxylic acids is 1. The highest BCUT2D eigenvalue weighted by molar-refractivity contribution is 7.91. The van der Waals surface area contributed by atoms with Gasteiger partial charge in [-0.15, -0.1) is 0 Å². The molecule has 1 aromatic carbocycles. The fourth-order valence-corrected chi connectivity index (χ4v) is 5.62. The van der Waals surface area contributed by atoms with Crippen LogP contribution in [0.15, 0.2) is 30.3 Å². The van der Waals surface area contributed by atoms with Crippen molar-refractivity contribution in [2.75, 3.05) is 29.9 Å². The summed E-state index contributed by atoms with van der Waals surface area (Å²) in [4.78, 5) is 14.7. The molecule has 0 bridgehead atoms. The van der Waals surface area contributed by atoms with E-state index >= 15 is 0 Å². The highest BCUT2D eigenvalue weighted by Crippen LogP contribution is 2.27. The van der Waals surface area contributed by atoms with Gasteiger partial charge in [-0.25, -0.2) is 13.1 Å². The molecule has 0 saturated carbocycles. The zero-order valence-corrected chi connectivity index (χ0v) is 16.2. The molecule has 1 amide bonds. The van der Waals surface area contributed by atoms with Crippen molar-refractivity contribution in [2.45, 2.75) is 32.4 Å². The molecule has 2 aromatic rings. The number of sulfone groups is 1. The maximum Gasteiger partial charge on any atom is 0.239 e. The monoisotopic (exact) mass is 388 g/mol. The molecule has 4 rings (SSSR count). The zero-order chi connectivity index (χ0) is 19.0. The molecule has 0 aliphatic carbocycles. The molecule has 2 aliphatic rings. The summed E-state index contributed by atoms with van der Waals surface area (Å²) in [6, 6.07) is 9.92. The van der Waals surface area contributed by atoms with E-state index < -0.39 is 9.84 Å². The topological polar surface area (TPSA) is 84.3 Å². The van der Waals surface area contributed by atoms with E-state index in [4.69, 9.17) is 0 Å². The Labute approximate surface area is 159 Å². The summed E-state index contributed by atoms with van der Waals surface area (Å²) in [5.74, 6) is 0.741. The van der Waals surface area contributed by atoms with Crippen LogP contribution in [-0.4, -0.2) is 53.6 Å². The van der Waals surface area contributed by atoms with Crippen molar-refractivity contribution in [1.82, 2.24) is 14.7 Å². The quantitative estimate of drug-likeness (QED) is 0.859. The summed E-state index contributed by atoms with van der Waals surface area (Å²) in [5, 5.41) is 7.34. The van der Waals surface area contributed by atoms with Gasteiger partial charge in [0.2, 0.25) is 5.91 Å². The second-order valence-electron chi connectivity index (χ2n) is 7.45. The Kier molecular flexibility index (Phi) is 4.77. The summed E-state index contributed by atoms with van der Waals surface area (Å²) in [6.07, 6.45) is 1.48. The lowest BCUT2D eigenvalue weighted by Gasteiger charge is -2.28. The van der Waals surface area contributed by atoms with Crippen molar-refractivity contribution in [3.63, 3.8) is 0 Å². The molecule has 7 nitrogen and oxygen atoms in total. The second-order valence-corrected chi connectivity index (χ2v) is 9.68. The average Bonchev–Trinajstić information content (AvgIpc) is 3.16. The van der Waals surface area contributed by atoms with Gasteiger partial charge in [0.15, 0.2) is 9.84 Å². The first-order valence-electron chi connectivity index (χ1n) is 9.25. The average molecular weight is 388 g/mol. The number of aryl methyl sites for hydroxylation is 1. The summed E-state index contributed by atoms with van der Waals surface area (Å²) in [7, 11) is -3.01. The molecule has 8 heteroatoms. The first-order valence-corrected chi connectivity index (χ1v) is 11.1. The molecule has 2 aliphatic heterocycles. The molecule has 27 heavy (non-hydrogen) atoms. The van der Waals surface area contributed by atoms with Gasteiger partial charge in [-0.3, -0.25) is 9.69 Å². The molecule has 0 unspecified atom stereocenters. The van der Waals surface area contributed by atoms with E-state index in [1.54, 1.807) is 10.7 Å². The van der Waals surface area contributed by atoms with Gasteiger partial charge in [0.25, 0.3) is 0 Å². The maximum absolute atomic E-state index is 12.6. The van der Waals surface area contributed by atoms with E-state index in [1.807, 2.05) is 19.1 Å². The van der Waals surface area contributed by atoms with Crippen molar-refractivity contribution < 1.29 is 13.2 Å². The normalized spacial score (nSPS) is 21.7. The van der Waals surface area contributed by atoms with Gasteiger partial charge >= 0.3 is 0 Å². The van der Waals surface area contributed by atoms with Crippen LogP contribution in [0, 0.1) is 6.92 Å². The number of fused-ring (bicyclic) bond motifs is 1. The van der Waals surface area contributed by atoms with Crippen LogP contribution in [0.1, 0.15) is 29.3 Å². The first kappa shape index (κ1) is 18.2. The lowest BCUT2D eigenvalue weighted by molar-refractivity contribution is -0.117. The Morgan fingerprint density at radius 2 is 2.07 bits per heavy atom. The van der Waals surface area contributed by atoms with Gasteiger partial charge in [0.1, 0.15) is 5.82 Å². The molecule has 0 radical (unpaired) electrons. The second kappa shape index (κ2) is 7.09. The van der Waals surface area contributed by atoms with Gasteiger partial charge in [-0.05, 0) is 30.9 Å². The SMILES string of the molecule is Cc1cc(NC(=O)CN2CCc3ccccc3C2)n([C@@H]2CCS(=O)(=O)C2)n1. The lowest BCUT2D eigenvalue weighted by Crippen LogP contribution is -2.37. The van der Waals surface area contributed by atoms with Gasteiger partial charge in [0, 0.05) is 19.2 Å². The largest absolute Gasteiger partial charge is 0.310 e. The molecular weight excluding hydrogens is 364 g/mol. The number of rotatable bonds is 4. The third kappa shape index (κ3) is 4.06. The zero-order valence-electron chi connectivity index (χ0n) is 15.4. The van der Waals surface area contributed by atoms with Crippen LogP contribution in [-0.2, 0) is 27.6 Å². The molecule has 1 atom stereocenters. The van der Waals surface area contributed by atoms with E-state index in [9.17, 15) is 13.2 Å². The van der Waals surface area contributed by atoms with Crippen LogP contribution in [0.4, 0.5) is 5.82 Å². The van der Waals surface area contributed by atoms with Gasteiger partial charge < -0.3 is 5.32 Å². The Morgan fingerprint density at radius 1 is 1.30 bits per heavy atom. The number of hydrogen-bond acceptors (Lipinski definition) is 5. The summed E-state index contributed by atoms with van der Waals surface area (Å²) >= 11 is 0. The Morgan fingerprint density at radius 3 is 2.81 bits per heavy atom. The van der Waals surface area contributed by atoms with E-state index in [2.05, 4.69) is 27.4 Å². The van der Waals surface area contributed by atoms with Crippen LogP contribution >= 0.6 is 0 Å². The first-order chi connectivity index (χ1) is 12.9. The van der Waals surface area contributed by atoms with Gasteiger partial charge in [-0.2, -0.15) is 5.10 Å². The van der Waals surface area contributed by atoms with Crippen molar-refractivity contribution in [1.29, 1.82) is 0 Å². The van der Waals surface area contributed by atoms with E-state index in [-0.39, 0.29) is 23.5 Å². The number of nitrogens with one attached hydrogen (secondary N) is 1. The van der Waals surface area contributed by atoms with Crippen LogP contribution in [0.25, 0.3) is 0 Å². The minimum absolute atomic E-state index is 0.0832. The molecule has 1 N–H and O–H groups in total. The summed E-state index contributed by atoms with van der Waals surface area (Å²) in [5.41, 5.74) is 3.39. The molecule has 1 fully saturated rings. The number of carbonyl (C=O) groups is 1. The maximum atomic E-state index is 12.6. The molecule has 1 aromatic heterocycles. The van der Waals surface area contributed by atoms with Crippen molar-refractivity contribution in [3.05, 3.63) is 47.2 Å². The predicted octanol–water partition coefficient (Wildman–Crippen LogP) is 1.55. The summed E-state index contributed by atoms with van der Waals surface area (Å²) < 4.78 is 25.2. The number of aromatic nitrogens is 2. The van der Waals surface area contributed by atoms with Crippen LogP contribution < -0.4 is 5.32 Å². The molecule has 3 heterocycles. The number of hydrogen-bond donors (Lipinski definition) is 1. The molecular formula is C19H24N4O3S. The summed E-state index contributed by atoms with van der Waals surface area (Å²) in [6.45, 7) is 3.77. The Balaban J connectivity index is 1.42. The minimum Gasteiger partial charge on any atom is -0.310 e. The number of nitrogens with zero attached hydrogens (tertiary/aromatic N) is 3. The van der Waals surface area contributed by atoms with Crippen molar-refractivity contribution >= 4 is 21.6 Å². The van der Waals surface area contributed by atoms with Crippen LogP contribution in [0.5, 0.6) is 0 Å². The molecule has 0 spiro atoms. The van der Waals surface area contributed by atoms with Crippen molar-refractivity contribution in [3.8, 4) is 0 Å². The van der Waals surface area contributed by atoms with Crippen LogP contribution in [0.2, 0.25) is 0 Å².